The molecular formula is C13H16Cl2FNO. The van der Waals surface area contributed by atoms with Gasteiger partial charge in [0.25, 0.3) is 0 Å². The summed E-state index contributed by atoms with van der Waals surface area (Å²) in [7, 11) is 0. The lowest BCUT2D eigenvalue weighted by Crippen LogP contribution is -2.35. The number of rotatable bonds is 5. The highest BCUT2D eigenvalue weighted by atomic mass is 35.5. The molecule has 2 unspecified atom stereocenters. The molecule has 1 N–H and O–H groups in total. The maximum Gasteiger partial charge on any atom is 0.224 e. The number of carbonyl (C=O) groups is 1. The van der Waals surface area contributed by atoms with Crippen LogP contribution in [0.5, 0.6) is 0 Å². The number of alkyl halides is 1. The van der Waals surface area contributed by atoms with E-state index < -0.39 is 5.82 Å². The van der Waals surface area contributed by atoms with Crippen LogP contribution < -0.4 is 5.32 Å². The van der Waals surface area contributed by atoms with Gasteiger partial charge in [0, 0.05) is 22.0 Å². The van der Waals surface area contributed by atoms with E-state index in [4.69, 9.17) is 23.2 Å². The summed E-state index contributed by atoms with van der Waals surface area (Å²) in [5.74, 6) is -0.720. The third kappa shape index (κ3) is 4.83. The quantitative estimate of drug-likeness (QED) is 0.826. The van der Waals surface area contributed by atoms with Crippen LogP contribution in [0.3, 0.4) is 0 Å². The molecule has 0 saturated heterocycles. The van der Waals surface area contributed by atoms with Crippen LogP contribution in [0.15, 0.2) is 18.2 Å². The summed E-state index contributed by atoms with van der Waals surface area (Å²) in [5.41, 5.74) is 0.225. The van der Waals surface area contributed by atoms with Crippen LogP contribution in [0.25, 0.3) is 0 Å². The number of amides is 1. The number of nitrogens with one attached hydrogen (secondary N) is 1. The van der Waals surface area contributed by atoms with Crippen LogP contribution in [0.1, 0.15) is 25.8 Å². The second-order valence-corrected chi connectivity index (χ2v) is 5.51. The van der Waals surface area contributed by atoms with Crippen molar-refractivity contribution >= 4 is 29.1 Å². The Labute approximate surface area is 116 Å². The van der Waals surface area contributed by atoms with Gasteiger partial charge in [-0.3, -0.25) is 4.79 Å². The molecule has 0 aliphatic heterocycles. The van der Waals surface area contributed by atoms with E-state index in [-0.39, 0.29) is 34.3 Å². The molecule has 5 heteroatoms. The molecule has 0 aliphatic carbocycles. The lowest BCUT2D eigenvalue weighted by Gasteiger charge is -2.15. The van der Waals surface area contributed by atoms with Crippen LogP contribution in [-0.2, 0) is 11.2 Å². The van der Waals surface area contributed by atoms with E-state index >= 15 is 0 Å². The highest BCUT2D eigenvalue weighted by Crippen LogP contribution is 2.19. The van der Waals surface area contributed by atoms with Crippen molar-refractivity contribution in [1.82, 2.24) is 5.32 Å². The van der Waals surface area contributed by atoms with Crippen molar-refractivity contribution in [3.8, 4) is 0 Å². The Morgan fingerprint density at radius 1 is 1.44 bits per heavy atom. The Hall–Kier alpha value is -0.800. The zero-order valence-corrected chi connectivity index (χ0v) is 11.9. The Balaban J connectivity index is 2.60. The van der Waals surface area contributed by atoms with Gasteiger partial charge in [0.15, 0.2) is 0 Å². The molecular weight excluding hydrogens is 276 g/mol. The van der Waals surface area contributed by atoms with Gasteiger partial charge < -0.3 is 5.32 Å². The van der Waals surface area contributed by atoms with Gasteiger partial charge in [0.2, 0.25) is 5.91 Å². The smallest absolute Gasteiger partial charge is 0.224 e. The molecule has 1 rings (SSSR count). The average Bonchev–Trinajstić information content (AvgIpc) is 2.22. The summed E-state index contributed by atoms with van der Waals surface area (Å²) < 4.78 is 13.5. The first-order valence-electron chi connectivity index (χ1n) is 5.76. The van der Waals surface area contributed by atoms with Gasteiger partial charge in [0.05, 0.1) is 6.42 Å². The van der Waals surface area contributed by atoms with E-state index in [1.165, 1.54) is 12.1 Å². The van der Waals surface area contributed by atoms with Crippen molar-refractivity contribution in [2.45, 2.75) is 38.1 Å². The first-order valence-corrected chi connectivity index (χ1v) is 6.58. The van der Waals surface area contributed by atoms with Crippen LogP contribution in [0.4, 0.5) is 4.39 Å². The van der Waals surface area contributed by atoms with Crippen LogP contribution in [0, 0.1) is 5.82 Å². The fraction of sp³-hybridized carbons (Fsp3) is 0.462. The summed E-state index contributed by atoms with van der Waals surface area (Å²) in [4.78, 5) is 11.7. The van der Waals surface area contributed by atoms with E-state index in [1.807, 2.05) is 13.8 Å². The minimum absolute atomic E-state index is 0.0163. The normalized spacial score (nSPS) is 14.1. The molecule has 100 valence electrons. The minimum Gasteiger partial charge on any atom is -0.353 e. The van der Waals surface area contributed by atoms with E-state index in [1.54, 1.807) is 6.07 Å². The van der Waals surface area contributed by atoms with Gasteiger partial charge >= 0.3 is 0 Å². The van der Waals surface area contributed by atoms with Crippen molar-refractivity contribution in [2.24, 2.45) is 0 Å². The molecule has 18 heavy (non-hydrogen) atoms. The summed E-state index contributed by atoms with van der Waals surface area (Å²) in [6, 6.07) is 4.32. The molecule has 0 aromatic heterocycles. The van der Waals surface area contributed by atoms with Gasteiger partial charge in [-0.1, -0.05) is 17.7 Å². The highest BCUT2D eigenvalue weighted by Gasteiger charge is 2.14. The second-order valence-electron chi connectivity index (χ2n) is 4.36. The van der Waals surface area contributed by atoms with Crippen molar-refractivity contribution in [3.05, 3.63) is 34.6 Å². The third-order valence-corrected chi connectivity index (χ3v) is 3.02. The zero-order valence-electron chi connectivity index (χ0n) is 10.3. The summed E-state index contributed by atoms with van der Waals surface area (Å²) in [6.45, 7) is 3.72. The molecule has 0 heterocycles. The lowest BCUT2D eigenvalue weighted by atomic mass is 10.1. The minimum atomic E-state index is -0.462. The van der Waals surface area contributed by atoms with Crippen molar-refractivity contribution < 1.29 is 9.18 Å². The maximum atomic E-state index is 13.5. The highest BCUT2D eigenvalue weighted by molar-refractivity contribution is 6.31. The summed E-state index contributed by atoms with van der Waals surface area (Å²) >= 11 is 11.7. The number of hydrogen-bond donors (Lipinski definition) is 1. The van der Waals surface area contributed by atoms with Gasteiger partial charge in [0.1, 0.15) is 5.82 Å². The maximum absolute atomic E-state index is 13.5. The molecule has 1 amide bonds. The Morgan fingerprint density at radius 3 is 2.67 bits per heavy atom. The van der Waals surface area contributed by atoms with Gasteiger partial charge in [-0.2, -0.15) is 0 Å². The Morgan fingerprint density at radius 2 is 2.11 bits per heavy atom. The fourth-order valence-electron chi connectivity index (χ4n) is 1.73. The van der Waals surface area contributed by atoms with Crippen molar-refractivity contribution in [1.29, 1.82) is 0 Å². The van der Waals surface area contributed by atoms with Crippen molar-refractivity contribution in [2.75, 3.05) is 0 Å². The summed E-state index contributed by atoms with van der Waals surface area (Å²) in [5, 5.41) is 3.02. The molecule has 0 aliphatic rings. The molecule has 2 nitrogen and oxygen atoms in total. The van der Waals surface area contributed by atoms with Gasteiger partial charge in [-0.15, -0.1) is 11.6 Å². The Kier molecular flexibility index (Phi) is 5.89. The molecule has 0 bridgehead atoms. The number of halogens is 3. The molecule has 1 aromatic rings. The molecule has 2 atom stereocenters. The van der Waals surface area contributed by atoms with Crippen molar-refractivity contribution in [3.63, 3.8) is 0 Å². The Bertz CT molecular complexity index is 403. The third-order valence-electron chi connectivity index (χ3n) is 2.48. The van der Waals surface area contributed by atoms with Gasteiger partial charge in [-0.25, -0.2) is 4.39 Å². The first kappa shape index (κ1) is 15.3. The fourth-order valence-corrected chi connectivity index (χ4v) is 2.23. The lowest BCUT2D eigenvalue weighted by molar-refractivity contribution is -0.121. The predicted molar refractivity (Wildman–Crippen MR) is 72.7 cm³/mol. The largest absolute Gasteiger partial charge is 0.353 e. The van der Waals surface area contributed by atoms with E-state index in [9.17, 15) is 9.18 Å². The van der Waals surface area contributed by atoms with Gasteiger partial charge in [-0.05, 0) is 32.4 Å². The molecule has 0 radical (unpaired) electrons. The molecule has 1 aromatic carbocycles. The monoisotopic (exact) mass is 291 g/mol. The van der Waals surface area contributed by atoms with E-state index in [0.717, 1.165) is 0 Å². The molecule has 0 fully saturated rings. The molecule has 0 spiro atoms. The predicted octanol–water partition coefficient (Wildman–Crippen LogP) is 3.54. The summed E-state index contributed by atoms with van der Waals surface area (Å²) in [6.07, 6.45) is 0.602. The van der Waals surface area contributed by atoms with Crippen LogP contribution >= 0.6 is 23.2 Å². The zero-order chi connectivity index (χ0) is 13.7. The van der Waals surface area contributed by atoms with Crippen LogP contribution in [0.2, 0.25) is 5.02 Å². The second kappa shape index (κ2) is 6.95. The number of benzene rings is 1. The number of hydrogen-bond acceptors (Lipinski definition) is 1. The standard InChI is InChI=1S/C13H16Cl2FNO/c1-8(14)6-9(2)17-13(18)7-10-11(15)4-3-5-12(10)16/h3-5,8-9H,6-7H2,1-2H3,(H,17,18). The molecule has 0 saturated carbocycles. The van der Waals surface area contributed by atoms with Crippen LogP contribution in [-0.4, -0.2) is 17.3 Å². The first-order chi connectivity index (χ1) is 8.40. The van der Waals surface area contributed by atoms with E-state index in [0.29, 0.717) is 6.42 Å². The topological polar surface area (TPSA) is 29.1 Å². The van der Waals surface area contributed by atoms with E-state index in [2.05, 4.69) is 5.32 Å². The average molecular weight is 292 g/mol. The SMILES string of the molecule is CC(Cl)CC(C)NC(=O)Cc1c(F)cccc1Cl. The number of carbonyl (C=O) groups excluding carboxylic acids is 1.